The lowest BCUT2D eigenvalue weighted by Gasteiger charge is -2.18. The summed E-state index contributed by atoms with van der Waals surface area (Å²) in [6.07, 6.45) is 0. The molecule has 1 aromatic carbocycles. The molecule has 108 valence electrons. The number of nitriles is 1. The van der Waals surface area contributed by atoms with Crippen molar-refractivity contribution in [2.75, 3.05) is 0 Å². The van der Waals surface area contributed by atoms with Crippen LogP contribution in [-0.4, -0.2) is 25.5 Å². The van der Waals surface area contributed by atoms with E-state index in [1.165, 1.54) is 19.9 Å². The van der Waals surface area contributed by atoms with Crippen LogP contribution < -0.4 is 4.72 Å². The molecule has 1 atom stereocenters. The van der Waals surface area contributed by atoms with Crippen molar-refractivity contribution in [2.24, 2.45) is 5.92 Å². The largest absolute Gasteiger partial charge is 0.480 e. The number of rotatable bonds is 5. The van der Waals surface area contributed by atoms with Gasteiger partial charge in [-0.3, -0.25) is 4.79 Å². The van der Waals surface area contributed by atoms with E-state index in [9.17, 15) is 17.6 Å². The van der Waals surface area contributed by atoms with Crippen LogP contribution in [0, 0.1) is 23.1 Å². The van der Waals surface area contributed by atoms with Crippen molar-refractivity contribution in [3.05, 3.63) is 29.6 Å². The van der Waals surface area contributed by atoms with Crippen molar-refractivity contribution in [3.8, 4) is 6.07 Å². The quantitative estimate of drug-likeness (QED) is 0.846. The molecule has 0 unspecified atom stereocenters. The summed E-state index contributed by atoms with van der Waals surface area (Å²) in [6.45, 7) is 3.05. The molecule has 0 saturated carbocycles. The maximum Gasteiger partial charge on any atom is 0.322 e. The Morgan fingerprint density at radius 1 is 1.45 bits per heavy atom. The highest BCUT2D eigenvalue weighted by Crippen LogP contribution is 2.19. The Hall–Kier alpha value is -1.98. The van der Waals surface area contributed by atoms with Gasteiger partial charge in [0.05, 0.1) is 0 Å². The second kappa shape index (κ2) is 5.98. The minimum atomic E-state index is -4.31. The number of nitrogens with one attached hydrogen (secondary N) is 1. The molecular formula is C12H13FN2O4S. The first-order valence-electron chi connectivity index (χ1n) is 5.64. The monoisotopic (exact) mass is 300 g/mol. The number of hydrogen-bond donors (Lipinski definition) is 2. The Bertz CT molecular complexity index is 665. The SMILES string of the molecule is CC(C)[C@@H](NS(=O)(=O)c1cccc(F)c1C#N)C(=O)O. The molecule has 0 bridgehead atoms. The summed E-state index contributed by atoms with van der Waals surface area (Å²) in [5, 5.41) is 17.8. The highest BCUT2D eigenvalue weighted by Gasteiger charge is 2.30. The number of benzene rings is 1. The number of hydrogen-bond acceptors (Lipinski definition) is 4. The summed E-state index contributed by atoms with van der Waals surface area (Å²) < 4.78 is 39.6. The number of aliphatic carboxylic acids is 1. The maximum absolute atomic E-state index is 13.4. The van der Waals surface area contributed by atoms with Crippen LogP contribution in [-0.2, 0) is 14.8 Å². The van der Waals surface area contributed by atoms with Crippen molar-refractivity contribution >= 4 is 16.0 Å². The zero-order valence-electron chi connectivity index (χ0n) is 10.8. The minimum absolute atomic E-state index is 0.513. The van der Waals surface area contributed by atoms with Gasteiger partial charge in [-0.15, -0.1) is 0 Å². The van der Waals surface area contributed by atoms with Gasteiger partial charge in [0.2, 0.25) is 10.0 Å². The van der Waals surface area contributed by atoms with Gasteiger partial charge < -0.3 is 5.11 Å². The van der Waals surface area contributed by atoms with E-state index < -0.39 is 44.2 Å². The normalized spacial score (nSPS) is 12.9. The van der Waals surface area contributed by atoms with Crippen LogP contribution in [0.2, 0.25) is 0 Å². The van der Waals surface area contributed by atoms with Gasteiger partial charge in [-0.1, -0.05) is 19.9 Å². The Morgan fingerprint density at radius 2 is 2.05 bits per heavy atom. The zero-order valence-corrected chi connectivity index (χ0v) is 11.6. The maximum atomic E-state index is 13.4. The molecule has 0 saturated heterocycles. The van der Waals surface area contributed by atoms with Gasteiger partial charge in [0, 0.05) is 0 Å². The Kier molecular flexibility index (Phi) is 4.81. The predicted molar refractivity (Wildman–Crippen MR) is 67.7 cm³/mol. The predicted octanol–water partition coefficient (Wildman–Crippen LogP) is 1.08. The number of halogens is 1. The van der Waals surface area contributed by atoms with Gasteiger partial charge in [0.15, 0.2) is 0 Å². The highest BCUT2D eigenvalue weighted by molar-refractivity contribution is 7.89. The Labute approximate surface area is 115 Å². The van der Waals surface area contributed by atoms with Crippen molar-refractivity contribution in [1.82, 2.24) is 4.72 Å². The van der Waals surface area contributed by atoms with Crippen LogP contribution in [0.25, 0.3) is 0 Å². The summed E-state index contributed by atoms with van der Waals surface area (Å²) in [5.41, 5.74) is -0.645. The van der Waals surface area contributed by atoms with E-state index in [1.807, 2.05) is 4.72 Å². The minimum Gasteiger partial charge on any atom is -0.480 e. The lowest BCUT2D eigenvalue weighted by Crippen LogP contribution is -2.44. The summed E-state index contributed by atoms with van der Waals surface area (Å²) in [7, 11) is -4.31. The van der Waals surface area contributed by atoms with Crippen molar-refractivity contribution < 1.29 is 22.7 Å². The van der Waals surface area contributed by atoms with Crippen LogP contribution in [0.3, 0.4) is 0 Å². The topological polar surface area (TPSA) is 107 Å². The third-order valence-corrected chi connectivity index (χ3v) is 4.08. The first-order chi connectivity index (χ1) is 9.20. The molecule has 0 aliphatic carbocycles. The molecule has 8 heteroatoms. The van der Waals surface area contributed by atoms with E-state index in [0.717, 1.165) is 18.2 Å². The fourth-order valence-corrected chi connectivity index (χ4v) is 3.04. The summed E-state index contributed by atoms with van der Waals surface area (Å²) >= 11 is 0. The molecule has 0 heterocycles. The van der Waals surface area contributed by atoms with Crippen molar-refractivity contribution in [1.29, 1.82) is 5.26 Å². The average molecular weight is 300 g/mol. The zero-order chi connectivity index (χ0) is 15.5. The van der Waals surface area contributed by atoms with E-state index >= 15 is 0 Å². The molecular weight excluding hydrogens is 287 g/mol. The molecule has 0 fully saturated rings. The number of nitrogens with zero attached hydrogens (tertiary/aromatic N) is 1. The third kappa shape index (κ3) is 3.31. The van der Waals surface area contributed by atoms with E-state index in [4.69, 9.17) is 10.4 Å². The number of sulfonamides is 1. The van der Waals surface area contributed by atoms with Crippen LogP contribution in [0.5, 0.6) is 0 Å². The van der Waals surface area contributed by atoms with Gasteiger partial charge >= 0.3 is 5.97 Å². The molecule has 0 aliphatic heterocycles. The standard InChI is InChI=1S/C12H13FN2O4S/c1-7(2)11(12(16)17)15-20(18,19)10-5-3-4-9(13)8(10)6-14/h3-5,7,11,15H,1-2H3,(H,16,17)/t11-/m1/s1. The molecule has 6 nitrogen and oxygen atoms in total. The Morgan fingerprint density at radius 3 is 2.50 bits per heavy atom. The molecule has 1 rings (SSSR count). The average Bonchev–Trinajstić information content (AvgIpc) is 2.35. The van der Waals surface area contributed by atoms with E-state index in [0.29, 0.717) is 0 Å². The lowest BCUT2D eigenvalue weighted by atomic mass is 10.1. The fourth-order valence-electron chi connectivity index (χ4n) is 1.54. The molecule has 1 aromatic rings. The van der Waals surface area contributed by atoms with Gasteiger partial charge in [0.25, 0.3) is 0 Å². The molecule has 0 amide bonds. The number of carbonyl (C=O) groups is 1. The van der Waals surface area contributed by atoms with Gasteiger partial charge in [-0.25, -0.2) is 12.8 Å². The molecule has 0 radical (unpaired) electrons. The number of carboxylic acid groups (broad SMARTS) is 1. The van der Waals surface area contributed by atoms with Gasteiger partial charge in [-0.05, 0) is 18.1 Å². The van der Waals surface area contributed by atoms with Gasteiger partial charge in [-0.2, -0.15) is 9.98 Å². The second-order valence-corrected chi connectivity index (χ2v) is 6.09. The highest BCUT2D eigenvalue weighted by atomic mass is 32.2. The van der Waals surface area contributed by atoms with E-state index in [1.54, 1.807) is 0 Å². The first-order valence-corrected chi connectivity index (χ1v) is 7.12. The number of carboxylic acids is 1. The second-order valence-electron chi connectivity index (χ2n) is 4.41. The van der Waals surface area contributed by atoms with Crippen LogP contribution >= 0.6 is 0 Å². The Balaban J connectivity index is 3.29. The molecule has 20 heavy (non-hydrogen) atoms. The third-order valence-electron chi connectivity index (χ3n) is 2.59. The summed E-state index contributed by atoms with van der Waals surface area (Å²) in [6, 6.07) is 3.23. The van der Waals surface area contributed by atoms with E-state index in [2.05, 4.69) is 0 Å². The van der Waals surface area contributed by atoms with Crippen LogP contribution in [0.1, 0.15) is 19.4 Å². The fraction of sp³-hybridized carbons (Fsp3) is 0.333. The summed E-state index contributed by atoms with van der Waals surface area (Å²) in [4.78, 5) is 10.4. The van der Waals surface area contributed by atoms with Crippen LogP contribution in [0.4, 0.5) is 4.39 Å². The van der Waals surface area contributed by atoms with Crippen molar-refractivity contribution in [3.63, 3.8) is 0 Å². The summed E-state index contributed by atoms with van der Waals surface area (Å²) in [5.74, 6) is -2.84. The van der Waals surface area contributed by atoms with E-state index in [-0.39, 0.29) is 0 Å². The van der Waals surface area contributed by atoms with Crippen molar-refractivity contribution in [2.45, 2.75) is 24.8 Å². The van der Waals surface area contributed by atoms with Crippen LogP contribution in [0.15, 0.2) is 23.1 Å². The molecule has 0 spiro atoms. The molecule has 0 aromatic heterocycles. The lowest BCUT2D eigenvalue weighted by molar-refractivity contribution is -0.140. The molecule has 0 aliphatic rings. The first kappa shape index (κ1) is 16.1. The molecule has 2 N–H and O–H groups in total. The van der Waals surface area contributed by atoms with Gasteiger partial charge in [0.1, 0.15) is 28.4 Å². The smallest absolute Gasteiger partial charge is 0.322 e.